The minimum Gasteiger partial charge on any atom is -0.302 e. The van der Waals surface area contributed by atoms with Gasteiger partial charge in [-0.1, -0.05) is 18.5 Å². The summed E-state index contributed by atoms with van der Waals surface area (Å²) in [5, 5.41) is 0.808. The highest BCUT2D eigenvalue weighted by Crippen LogP contribution is 2.18. The van der Waals surface area contributed by atoms with Crippen LogP contribution in [0.4, 0.5) is 0 Å². The van der Waals surface area contributed by atoms with Crippen LogP contribution in [0.2, 0.25) is 5.02 Å². The standard InChI is InChI=1S/C9H9ClN2/c1-2-9-8(10)4-3-7-5-11-6-12(7)9/h3-6H,2H2,1H3. The molecule has 0 saturated carbocycles. The Hall–Kier alpha value is -1.02. The van der Waals surface area contributed by atoms with Crippen LogP contribution in [0.5, 0.6) is 0 Å². The molecule has 12 heavy (non-hydrogen) atoms. The molecule has 0 saturated heterocycles. The Balaban J connectivity index is 2.83. The first-order valence-electron chi connectivity index (χ1n) is 3.92. The fraction of sp³-hybridized carbons (Fsp3) is 0.222. The van der Waals surface area contributed by atoms with Crippen molar-refractivity contribution in [2.24, 2.45) is 0 Å². The van der Waals surface area contributed by atoms with Crippen molar-refractivity contribution in [3.63, 3.8) is 0 Å². The minimum absolute atomic E-state index is 0.808. The number of aromatic nitrogens is 2. The number of fused-ring (bicyclic) bond motifs is 1. The second-order valence-corrected chi connectivity index (χ2v) is 3.08. The van der Waals surface area contributed by atoms with Crippen LogP contribution in [0.3, 0.4) is 0 Å². The molecule has 2 rings (SSSR count). The van der Waals surface area contributed by atoms with Crippen molar-refractivity contribution in [3.05, 3.63) is 35.4 Å². The molecule has 0 aliphatic carbocycles. The number of hydrogen-bond donors (Lipinski definition) is 0. The quantitative estimate of drug-likeness (QED) is 0.660. The highest BCUT2D eigenvalue weighted by molar-refractivity contribution is 6.31. The number of imidazole rings is 1. The van der Waals surface area contributed by atoms with E-state index in [9.17, 15) is 0 Å². The molecule has 2 aromatic heterocycles. The van der Waals surface area contributed by atoms with Gasteiger partial charge in [-0.2, -0.15) is 0 Å². The van der Waals surface area contributed by atoms with Crippen LogP contribution in [0, 0.1) is 0 Å². The minimum atomic E-state index is 0.808. The molecule has 0 fully saturated rings. The van der Waals surface area contributed by atoms with E-state index in [1.807, 2.05) is 22.7 Å². The van der Waals surface area contributed by atoms with Gasteiger partial charge in [-0.05, 0) is 18.6 Å². The molecule has 2 heterocycles. The van der Waals surface area contributed by atoms with Crippen LogP contribution in [0.1, 0.15) is 12.6 Å². The summed E-state index contributed by atoms with van der Waals surface area (Å²) in [6, 6.07) is 3.88. The molecule has 3 heteroatoms. The lowest BCUT2D eigenvalue weighted by Crippen LogP contribution is -1.93. The van der Waals surface area contributed by atoms with E-state index in [-0.39, 0.29) is 0 Å². The van der Waals surface area contributed by atoms with E-state index in [1.165, 1.54) is 0 Å². The van der Waals surface area contributed by atoms with Crippen LogP contribution in [0.25, 0.3) is 5.52 Å². The summed E-state index contributed by atoms with van der Waals surface area (Å²) in [5.41, 5.74) is 2.21. The van der Waals surface area contributed by atoms with Crippen molar-refractivity contribution in [2.75, 3.05) is 0 Å². The summed E-state index contributed by atoms with van der Waals surface area (Å²) >= 11 is 6.01. The lowest BCUT2D eigenvalue weighted by Gasteiger charge is -2.03. The van der Waals surface area contributed by atoms with Gasteiger partial charge in [-0.15, -0.1) is 0 Å². The lowest BCUT2D eigenvalue weighted by molar-refractivity contribution is 0.973. The van der Waals surface area contributed by atoms with Crippen molar-refractivity contribution in [2.45, 2.75) is 13.3 Å². The summed E-state index contributed by atoms with van der Waals surface area (Å²) in [5.74, 6) is 0. The molecule has 0 spiro atoms. The van der Waals surface area contributed by atoms with Crippen LogP contribution >= 0.6 is 11.6 Å². The molecule has 0 bridgehead atoms. The van der Waals surface area contributed by atoms with Gasteiger partial charge in [0.25, 0.3) is 0 Å². The Kier molecular flexibility index (Phi) is 1.77. The number of hydrogen-bond acceptors (Lipinski definition) is 1. The largest absolute Gasteiger partial charge is 0.302 e. The van der Waals surface area contributed by atoms with Gasteiger partial charge < -0.3 is 4.40 Å². The molecule has 0 unspecified atom stereocenters. The predicted octanol–water partition coefficient (Wildman–Crippen LogP) is 2.55. The van der Waals surface area contributed by atoms with Crippen molar-refractivity contribution < 1.29 is 0 Å². The van der Waals surface area contributed by atoms with E-state index in [0.29, 0.717) is 0 Å². The summed E-state index contributed by atoms with van der Waals surface area (Å²) in [6.07, 6.45) is 4.54. The number of halogens is 1. The fourth-order valence-electron chi connectivity index (χ4n) is 1.36. The van der Waals surface area contributed by atoms with Gasteiger partial charge in [-0.3, -0.25) is 0 Å². The van der Waals surface area contributed by atoms with Crippen molar-refractivity contribution in [3.8, 4) is 0 Å². The summed E-state index contributed by atoms with van der Waals surface area (Å²) < 4.78 is 2.02. The molecule has 0 N–H and O–H groups in total. The van der Waals surface area contributed by atoms with Gasteiger partial charge in [0.1, 0.15) is 0 Å². The maximum absolute atomic E-state index is 6.01. The number of aryl methyl sites for hydroxylation is 1. The Bertz CT molecular complexity index is 406. The lowest BCUT2D eigenvalue weighted by atomic mass is 10.3. The highest BCUT2D eigenvalue weighted by Gasteiger charge is 2.02. The predicted molar refractivity (Wildman–Crippen MR) is 49.6 cm³/mol. The molecule has 0 amide bonds. The van der Waals surface area contributed by atoms with E-state index < -0.39 is 0 Å². The Labute approximate surface area is 75.8 Å². The van der Waals surface area contributed by atoms with E-state index in [2.05, 4.69) is 11.9 Å². The second-order valence-electron chi connectivity index (χ2n) is 2.67. The van der Waals surface area contributed by atoms with Crippen LogP contribution < -0.4 is 0 Å². The van der Waals surface area contributed by atoms with E-state index >= 15 is 0 Å². The normalized spacial score (nSPS) is 10.8. The first-order chi connectivity index (χ1) is 5.83. The molecule has 0 atom stereocenters. The maximum atomic E-state index is 6.01. The van der Waals surface area contributed by atoms with Gasteiger partial charge in [0.05, 0.1) is 23.1 Å². The third-order valence-electron chi connectivity index (χ3n) is 1.97. The molecule has 0 aliphatic rings. The topological polar surface area (TPSA) is 17.3 Å². The number of pyridine rings is 1. The third kappa shape index (κ3) is 0.994. The van der Waals surface area contributed by atoms with E-state index in [4.69, 9.17) is 11.6 Å². The molecular formula is C9H9ClN2. The first kappa shape index (κ1) is 7.62. The first-order valence-corrected chi connectivity index (χ1v) is 4.30. The van der Waals surface area contributed by atoms with Gasteiger partial charge in [0.15, 0.2) is 0 Å². The van der Waals surface area contributed by atoms with E-state index in [0.717, 1.165) is 22.7 Å². The van der Waals surface area contributed by atoms with Crippen LogP contribution in [-0.4, -0.2) is 9.38 Å². The fourth-order valence-corrected chi connectivity index (χ4v) is 1.65. The smallest absolute Gasteiger partial charge is 0.0994 e. The molecule has 62 valence electrons. The monoisotopic (exact) mass is 180 g/mol. The highest BCUT2D eigenvalue weighted by atomic mass is 35.5. The zero-order valence-corrected chi connectivity index (χ0v) is 7.54. The Morgan fingerprint density at radius 3 is 3.08 bits per heavy atom. The van der Waals surface area contributed by atoms with Gasteiger partial charge in [0.2, 0.25) is 0 Å². The summed E-state index contributed by atoms with van der Waals surface area (Å²) in [7, 11) is 0. The SMILES string of the molecule is CCc1c(Cl)ccc2cncn12. The molecule has 0 radical (unpaired) electrons. The molecule has 2 nitrogen and oxygen atoms in total. The zero-order chi connectivity index (χ0) is 8.55. The van der Waals surface area contributed by atoms with Gasteiger partial charge in [-0.25, -0.2) is 4.98 Å². The maximum Gasteiger partial charge on any atom is 0.0994 e. The molecule has 0 aromatic carbocycles. The van der Waals surface area contributed by atoms with Crippen molar-refractivity contribution in [1.29, 1.82) is 0 Å². The number of rotatable bonds is 1. The molecular weight excluding hydrogens is 172 g/mol. The second kappa shape index (κ2) is 2.79. The van der Waals surface area contributed by atoms with Gasteiger partial charge in [0, 0.05) is 5.69 Å². The Morgan fingerprint density at radius 1 is 1.50 bits per heavy atom. The number of nitrogens with zero attached hydrogens (tertiary/aromatic N) is 2. The van der Waals surface area contributed by atoms with Crippen molar-refractivity contribution in [1.82, 2.24) is 9.38 Å². The average molecular weight is 181 g/mol. The average Bonchev–Trinajstić information content (AvgIpc) is 2.52. The summed E-state index contributed by atoms with van der Waals surface area (Å²) in [4.78, 5) is 4.06. The van der Waals surface area contributed by atoms with E-state index in [1.54, 1.807) is 6.33 Å². The van der Waals surface area contributed by atoms with Crippen molar-refractivity contribution >= 4 is 17.1 Å². The van der Waals surface area contributed by atoms with Crippen LogP contribution in [-0.2, 0) is 6.42 Å². The van der Waals surface area contributed by atoms with Gasteiger partial charge >= 0.3 is 0 Å². The zero-order valence-electron chi connectivity index (χ0n) is 6.79. The molecule has 0 aliphatic heterocycles. The Morgan fingerprint density at radius 2 is 2.33 bits per heavy atom. The van der Waals surface area contributed by atoms with Crippen LogP contribution in [0.15, 0.2) is 24.7 Å². The molecule has 2 aromatic rings. The third-order valence-corrected chi connectivity index (χ3v) is 2.31. The summed E-state index contributed by atoms with van der Waals surface area (Å²) in [6.45, 7) is 2.08.